The molecule has 0 aliphatic carbocycles. The van der Waals surface area contributed by atoms with Crippen LogP contribution in [0.4, 0.5) is 0 Å². The normalized spacial score (nSPS) is 21.9. The van der Waals surface area contributed by atoms with E-state index < -0.39 is 5.60 Å². The van der Waals surface area contributed by atoms with Gasteiger partial charge in [0.25, 0.3) is 0 Å². The van der Waals surface area contributed by atoms with Crippen LogP contribution in [0.15, 0.2) is 17.5 Å². The van der Waals surface area contributed by atoms with Crippen molar-refractivity contribution in [2.45, 2.75) is 31.4 Å². The van der Waals surface area contributed by atoms with Gasteiger partial charge in [0, 0.05) is 17.5 Å². The summed E-state index contributed by atoms with van der Waals surface area (Å²) in [5.74, 6) is 2.18. The van der Waals surface area contributed by atoms with Crippen molar-refractivity contribution in [2.75, 3.05) is 18.1 Å². The zero-order valence-corrected chi connectivity index (χ0v) is 11.2. The maximum absolute atomic E-state index is 10.3. The Morgan fingerprint density at radius 1 is 1.50 bits per heavy atom. The first kappa shape index (κ1) is 12.4. The number of nitrogens with one attached hydrogen (secondary N) is 1. The van der Waals surface area contributed by atoms with Gasteiger partial charge < -0.3 is 10.4 Å². The van der Waals surface area contributed by atoms with Crippen molar-refractivity contribution >= 4 is 23.1 Å². The van der Waals surface area contributed by atoms with Crippen LogP contribution in [-0.4, -0.2) is 28.8 Å². The lowest BCUT2D eigenvalue weighted by Gasteiger charge is -2.33. The van der Waals surface area contributed by atoms with Crippen LogP contribution in [0.5, 0.6) is 0 Å². The van der Waals surface area contributed by atoms with Crippen LogP contribution in [0.1, 0.15) is 30.7 Å². The van der Waals surface area contributed by atoms with E-state index in [1.54, 1.807) is 11.3 Å². The highest BCUT2D eigenvalue weighted by Gasteiger charge is 2.29. The van der Waals surface area contributed by atoms with Crippen LogP contribution in [0.25, 0.3) is 0 Å². The molecule has 4 heteroatoms. The number of aliphatic hydroxyl groups is 1. The molecule has 0 aromatic carbocycles. The zero-order valence-electron chi connectivity index (χ0n) is 9.61. The van der Waals surface area contributed by atoms with E-state index in [2.05, 4.69) is 29.8 Å². The molecule has 2 N–H and O–H groups in total. The van der Waals surface area contributed by atoms with Crippen LogP contribution in [0.2, 0.25) is 0 Å². The lowest BCUT2D eigenvalue weighted by Crippen LogP contribution is -2.44. The van der Waals surface area contributed by atoms with E-state index >= 15 is 0 Å². The number of hydrogen-bond donors (Lipinski definition) is 2. The van der Waals surface area contributed by atoms with Crippen molar-refractivity contribution in [1.82, 2.24) is 5.32 Å². The Morgan fingerprint density at radius 3 is 2.88 bits per heavy atom. The first-order valence-corrected chi connectivity index (χ1v) is 7.80. The van der Waals surface area contributed by atoms with Crippen molar-refractivity contribution < 1.29 is 5.11 Å². The third-order valence-corrected chi connectivity index (χ3v) is 5.17. The SMILES string of the molecule is CC(NCC1(O)CCSCC1)c1cccs1. The fourth-order valence-electron chi connectivity index (χ4n) is 1.91. The second-order valence-corrected chi connectivity index (χ2v) is 6.66. The first-order chi connectivity index (χ1) is 7.70. The summed E-state index contributed by atoms with van der Waals surface area (Å²) in [5.41, 5.74) is -0.475. The summed E-state index contributed by atoms with van der Waals surface area (Å²) in [5, 5.41) is 15.9. The maximum atomic E-state index is 10.3. The van der Waals surface area contributed by atoms with Crippen molar-refractivity contribution in [2.24, 2.45) is 0 Å². The molecule has 2 heterocycles. The van der Waals surface area contributed by atoms with Gasteiger partial charge in [-0.3, -0.25) is 0 Å². The van der Waals surface area contributed by atoms with Crippen LogP contribution >= 0.6 is 23.1 Å². The van der Waals surface area contributed by atoms with E-state index in [1.165, 1.54) is 4.88 Å². The van der Waals surface area contributed by atoms with Gasteiger partial charge in [-0.2, -0.15) is 11.8 Å². The predicted octanol–water partition coefficient (Wildman–Crippen LogP) is 2.66. The molecule has 1 aliphatic heterocycles. The molecule has 0 radical (unpaired) electrons. The van der Waals surface area contributed by atoms with Crippen molar-refractivity contribution in [3.05, 3.63) is 22.4 Å². The monoisotopic (exact) mass is 257 g/mol. The summed E-state index contributed by atoms with van der Waals surface area (Å²) in [6.07, 6.45) is 1.84. The minimum atomic E-state index is -0.475. The molecule has 1 unspecified atom stereocenters. The summed E-state index contributed by atoms with van der Waals surface area (Å²) in [4.78, 5) is 1.34. The molecule has 16 heavy (non-hydrogen) atoms. The predicted molar refractivity (Wildman–Crippen MR) is 72.2 cm³/mol. The fraction of sp³-hybridized carbons (Fsp3) is 0.667. The van der Waals surface area contributed by atoms with E-state index in [0.29, 0.717) is 12.6 Å². The maximum Gasteiger partial charge on any atom is 0.0787 e. The smallest absolute Gasteiger partial charge is 0.0787 e. The fourth-order valence-corrected chi connectivity index (χ4v) is 3.92. The molecular weight excluding hydrogens is 238 g/mol. The second-order valence-electron chi connectivity index (χ2n) is 4.45. The molecule has 1 aliphatic rings. The molecule has 0 bridgehead atoms. The summed E-state index contributed by atoms with van der Waals surface area (Å²) < 4.78 is 0. The Bertz CT molecular complexity index is 307. The van der Waals surface area contributed by atoms with Gasteiger partial charge in [-0.25, -0.2) is 0 Å². The number of thioether (sulfide) groups is 1. The number of hydrogen-bond acceptors (Lipinski definition) is 4. The highest BCUT2D eigenvalue weighted by Crippen LogP contribution is 2.27. The van der Waals surface area contributed by atoms with Gasteiger partial charge in [-0.1, -0.05) is 6.07 Å². The van der Waals surface area contributed by atoms with Gasteiger partial charge in [0.05, 0.1) is 5.60 Å². The van der Waals surface area contributed by atoms with E-state index in [-0.39, 0.29) is 0 Å². The van der Waals surface area contributed by atoms with Gasteiger partial charge in [0.2, 0.25) is 0 Å². The first-order valence-electron chi connectivity index (χ1n) is 5.77. The topological polar surface area (TPSA) is 32.3 Å². The average molecular weight is 257 g/mol. The molecule has 1 fully saturated rings. The Morgan fingerprint density at radius 2 is 2.25 bits per heavy atom. The molecule has 0 amide bonds. The minimum Gasteiger partial charge on any atom is -0.389 e. The summed E-state index contributed by atoms with van der Waals surface area (Å²) in [6.45, 7) is 2.87. The molecule has 1 atom stereocenters. The highest BCUT2D eigenvalue weighted by atomic mass is 32.2. The van der Waals surface area contributed by atoms with E-state index in [9.17, 15) is 5.11 Å². The lowest BCUT2D eigenvalue weighted by molar-refractivity contribution is 0.0301. The van der Waals surface area contributed by atoms with Crippen molar-refractivity contribution in [3.8, 4) is 0 Å². The Kier molecular flexibility index (Phi) is 4.30. The van der Waals surface area contributed by atoms with Gasteiger partial charge in [0.15, 0.2) is 0 Å². The number of rotatable bonds is 4. The van der Waals surface area contributed by atoms with Crippen molar-refractivity contribution in [3.63, 3.8) is 0 Å². The average Bonchev–Trinajstić information content (AvgIpc) is 2.80. The third kappa shape index (κ3) is 3.23. The Labute approximate surface area is 105 Å². The summed E-state index contributed by atoms with van der Waals surface area (Å²) in [6, 6.07) is 4.56. The third-order valence-electron chi connectivity index (χ3n) is 3.13. The molecule has 1 aromatic rings. The van der Waals surface area contributed by atoms with E-state index in [4.69, 9.17) is 0 Å². The summed E-state index contributed by atoms with van der Waals surface area (Å²) in [7, 11) is 0. The van der Waals surface area contributed by atoms with Crippen LogP contribution in [0.3, 0.4) is 0 Å². The summed E-state index contributed by atoms with van der Waals surface area (Å²) >= 11 is 3.71. The molecule has 1 aromatic heterocycles. The quantitative estimate of drug-likeness (QED) is 0.870. The van der Waals surface area contributed by atoms with Gasteiger partial charge >= 0.3 is 0 Å². The standard InChI is InChI=1S/C12H19NOS2/c1-10(11-3-2-6-16-11)13-9-12(14)4-7-15-8-5-12/h2-3,6,10,13-14H,4-5,7-9H2,1H3. The molecule has 2 rings (SSSR count). The molecule has 90 valence electrons. The van der Waals surface area contributed by atoms with Crippen LogP contribution in [-0.2, 0) is 0 Å². The molecule has 2 nitrogen and oxygen atoms in total. The van der Waals surface area contributed by atoms with Gasteiger partial charge in [-0.05, 0) is 42.7 Å². The Hall–Kier alpha value is -0.0300. The van der Waals surface area contributed by atoms with Gasteiger partial charge in [-0.15, -0.1) is 11.3 Å². The zero-order chi connectivity index (χ0) is 11.4. The van der Waals surface area contributed by atoms with Crippen LogP contribution in [0, 0.1) is 0 Å². The number of thiophene rings is 1. The molecule has 0 spiro atoms. The highest BCUT2D eigenvalue weighted by molar-refractivity contribution is 7.99. The second kappa shape index (κ2) is 5.54. The van der Waals surface area contributed by atoms with E-state index in [0.717, 1.165) is 24.3 Å². The van der Waals surface area contributed by atoms with Crippen LogP contribution < -0.4 is 5.32 Å². The largest absolute Gasteiger partial charge is 0.389 e. The van der Waals surface area contributed by atoms with Crippen molar-refractivity contribution in [1.29, 1.82) is 0 Å². The van der Waals surface area contributed by atoms with E-state index in [1.807, 2.05) is 11.8 Å². The minimum absolute atomic E-state index is 0.346. The molecule has 0 saturated carbocycles. The molecular formula is C12H19NOS2. The molecule has 1 saturated heterocycles. The Balaban J connectivity index is 1.82. The lowest BCUT2D eigenvalue weighted by atomic mass is 9.96. The van der Waals surface area contributed by atoms with Gasteiger partial charge in [0.1, 0.15) is 0 Å².